The lowest BCUT2D eigenvalue weighted by Gasteiger charge is -2.35. The number of carbonyl (C=O) groups excluding carboxylic acids is 1. The van der Waals surface area contributed by atoms with Gasteiger partial charge in [-0.05, 0) is 38.1 Å². The van der Waals surface area contributed by atoms with Crippen molar-refractivity contribution in [1.82, 2.24) is 14.8 Å². The standard InChI is InChI=1S/C18H28N4O2/c1-20(2)17-8-6-7-15(19-17)16-13-22(11-12-24-16)18(23)14-21-9-4-3-5-10-21/h6-8,16H,3-5,9-14H2,1-2H3/t16-/m0/s1. The summed E-state index contributed by atoms with van der Waals surface area (Å²) in [5.74, 6) is 1.13. The van der Waals surface area contributed by atoms with E-state index in [-0.39, 0.29) is 12.0 Å². The quantitative estimate of drug-likeness (QED) is 0.837. The lowest BCUT2D eigenvalue weighted by molar-refractivity contribution is -0.140. The molecule has 1 amide bonds. The summed E-state index contributed by atoms with van der Waals surface area (Å²) in [4.78, 5) is 23.5. The number of piperidine rings is 1. The molecule has 1 atom stereocenters. The van der Waals surface area contributed by atoms with Gasteiger partial charge in [0.1, 0.15) is 11.9 Å². The molecule has 24 heavy (non-hydrogen) atoms. The molecule has 0 unspecified atom stereocenters. The first-order valence-electron chi connectivity index (χ1n) is 8.89. The van der Waals surface area contributed by atoms with Gasteiger partial charge in [0.25, 0.3) is 0 Å². The molecule has 2 fully saturated rings. The van der Waals surface area contributed by atoms with Crippen molar-refractivity contribution < 1.29 is 9.53 Å². The predicted molar refractivity (Wildman–Crippen MR) is 94.1 cm³/mol. The van der Waals surface area contributed by atoms with E-state index in [2.05, 4.69) is 9.88 Å². The molecular formula is C18H28N4O2. The highest BCUT2D eigenvalue weighted by molar-refractivity contribution is 5.78. The van der Waals surface area contributed by atoms with Gasteiger partial charge in [-0.2, -0.15) is 0 Å². The molecule has 0 N–H and O–H groups in total. The van der Waals surface area contributed by atoms with Gasteiger partial charge in [0.15, 0.2) is 0 Å². The normalized spacial score (nSPS) is 22.4. The van der Waals surface area contributed by atoms with Gasteiger partial charge in [-0.25, -0.2) is 4.98 Å². The number of amides is 1. The molecule has 3 heterocycles. The summed E-state index contributed by atoms with van der Waals surface area (Å²) in [7, 11) is 3.95. The van der Waals surface area contributed by atoms with E-state index in [1.54, 1.807) is 0 Å². The van der Waals surface area contributed by atoms with Crippen molar-refractivity contribution in [1.29, 1.82) is 0 Å². The Balaban J connectivity index is 1.61. The number of pyridine rings is 1. The first kappa shape index (κ1) is 17.2. The zero-order valence-corrected chi connectivity index (χ0v) is 14.8. The minimum atomic E-state index is -0.135. The lowest BCUT2D eigenvalue weighted by Crippen LogP contribution is -2.47. The van der Waals surface area contributed by atoms with Gasteiger partial charge in [0, 0.05) is 20.6 Å². The van der Waals surface area contributed by atoms with Crippen LogP contribution in [0.25, 0.3) is 0 Å². The van der Waals surface area contributed by atoms with Gasteiger partial charge < -0.3 is 14.5 Å². The fraction of sp³-hybridized carbons (Fsp3) is 0.667. The monoisotopic (exact) mass is 332 g/mol. The van der Waals surface area contributed by atoms with Gasteiger partial charge in [0.2, 0.25) is 5.91 Å². The topological polar surface area (TPSA) is 48.9 Å². The first-order valence-corrected chi connectivity index (χ1v) is 8.89. The van der Waals surface area contributed by atoms with E-state index in [1.807, 2.05) is 42.1 Å². The molecule has 0 radical (unpaired) electrons. The van der Waals surface area contributed by atoms with E-state index >= 15 is 0 Å². The van der Waals surface area contributed by atoms with Crippen LogP contribution in [-0.2, 0) is 9.53 Å². The number of nitrogens with zero attached hydrogens (tertiary/aromatic N) is 4. The molecule has 0 spiro atoms. The van der Waals surface area contributed by atoms with Crippen molar-refractivity contribution in [2.45, 2.75) is 25.4 Å². The molecule has 0 aliphatic carbocycles. The highest BCUT2D eigenvalue weighted by atomic mass is 16.5. The minimum absolute atomic E-state index is 0.135. The molecule has 1 aromatic rings. The van der Waals surface area contributed by atoms with Gasteiger partial charge >= 0.3 is 0 Å². The van der Waals surface area contributed by atoms with E-state index < -0.39 is 0 Å². The fourth-order valence-electron chi connectivity index (χ4n) is 3.33. The molecule has 6 nitrogen and oxygen atoms in total. The van der Waals surface area contributed by atoms with E-state index in [0.717, 1.165) is 24.6 Å². The Hall–Kier alpha value is -1.66. The Bertz CT molecular complexity index is 558. The molecule has 132 valence electrons. The molecule has 2 aliphatic heterocycles. The molecular weight excluding hydrogens is 304 g/mol. The Morgan fingerprint density at radius 2 is 2.04 bits per heavy atom. The number of hydrogen-bond donors (Lipinski definition) is 0. The summed E-state index contributed by atoms with van der Waals surface area (Å²) in [6, 6.07) is 5.96. The van der Waals surface area contributed by atoms with E-state index in [0.29, 0.717) is 26.2 Å². The maximum absolute atomic E-state index is 12.6. The summed E-state index contributed by atoms with van der Waals surface area (Å²) in [6.45, 7) is 4.48. The van der Waals surface area contributed by atoms with Crippen LogP contribution in [0.1, 0.15) is 31.1 Å². The highest BCUT2D eigenvalue weighted by Gasteiger charge is 2.27. The Labute approximate surface area is 144 Å². The third-order valence-corrected chi connectivity index (χ3v) is 4.77. The summed E-state index contributed by atoms with van der Waals surface area (Å²) < 4.78 is 5.88. The van der Waals surface area contributed by atoms with Crippen LogP contribution in [0.2, 0.25) is 0 Å². The average Bonchev–Trinajstić information content (AvgIpc) is 2.63. The number of aromatic nitrogens is 1. The van der Waals surface area contributed by atoms with Crippen molar-refractivity contribution >= 4 is 11.7 Å². The zero-order chi connectivity index (χ0) is 16.9. The smallest absolute Gasteiger partial charge is 0.236 e. The van der Waals surface area contributed by atoms with Crippen LogP contribution in [0.15, 0.2) is 18.2 Å². The second kappa shape index (κ2) is 7.94. The van der Waals surface area contributed by atoms with Gasteiger partial charge in [-0.3, -0.25) is 9.69 Å². The maximum atomic E-state index is 12.6. The summed E-state index contributed by atoms with van der Waals surface area (Å²) in [5, 5.41) is 0. The van der Waals surface area contributed by atoms with Gasteiger partial charge in [-0.15, -0.1) is 0 Å². The largest absolute Gasteiger partial charge is 0.368 e. The number of carbonyl (C=O) groups is 1. The van der Waals surface area contributed by atoms with Gasteiger partial charge in [-0.1, -0.05) is 12.5 Å². The molecule has 1 aromatic heterocycles. The van der Waals surface area contributed by atoms with Crippen LogP contribution in [0.3, 0.4) is 0 Å². The third kappa shape index (κ3) is 4.24. The lowest BCUT2D eigenvalue weighted by atomic mass is 10.1. The SMILES string of the molecule is CN(C)c1cccc([C@@H]2CN(C(=O)CN3CCCCC3)CCO2)n1. The van der Waals surface area contributed by atoms with Crippen LogP contribution in [0.5, 0.6) is 0 Å². The van der Waals surface area contributed by atoms with E-state index in [9.17, 15) is 4.79 Å². The molecule has 3 rings (SSSR count). The zero-order valence-electron chi connectivity index (χ0n) is 14.8. The summed E-state index contributed by atoms with van der Waals surface area (Å²) in [5.41, 5.74) is 0.900. The van der Waals surface area contributed by atoms with Crippen LogP contribution >= 0.6 is 0 Å². The number of anilines is 1. The summed E-state index contributed by atoms with van der Waals surface area (Å²) in [6.07, 6.45) is 3.57. The number of rotatable bonds is 4. The molecule has 0 aromatic carbocycles. The van der Waals surface area contributed by atoms with Crippen LogP contribution in [-0.4, -0.2) is 74.1 Å². The summed E-state index contributed by atoms with van der Waals surface area (Å²) >= 11 is 0. The van der Waals surface area contributed by atoms with Crippen molar-refractivity contribution in [2.24, 2.45) is 0 Å². The van der Waals surface area contributed by atoms with Crippen molar-refractivity contribution in [3.63, 3.8) is 0 Å². The van der Waals surface area contributed by atoms with Crippen LogP contribution in [0, 0.1) is 0 Å². The molecule has 0 saturated carbocycles. The van der Waals surface area contributed by atoms with Crippen molar-refractivity contribution in [3.05, 3.63) is 23.9 Å². The Kier molecular flexibility index (Phi) is 5.68. The number of likely N-dealkylation sites (tertiary alicyclic amines) is 1. The third-order valence-electron chi connectivity index (χ3n) is 4.77. The van der Waals surface area contributed by atoms with Crippen molar-refractivity contribution in [2.75, 3.05) is 58.3 Å². The number of hydrogen-bond acceptors (Lipinski definition) is 5. The second-order valence-electron chi connectivity index (χ2n) is 6.85. The van der Waals surface area contributed by atoms with Gasteiger partial charge in [0.05, 0.1) is 25.4 Å². The average molecular weight is 332 g/mol. The first-order chi connectivity index (χ1) is 11.6. The van der Waals surface area contributed by atoms with E-state index in [4.69, 9.17) is 4.74 Å². The number of ether oxygens (including phenoxy) is 1. The van der Waals surface area contributed by atoms with Crippen LogP contribution in [0.4, 0.5) is 5.82 Å². The fourth-order valence-corrected chi connectivity index (χ4v) is 3.33. The molecule has 0 bridgehead atoms. The van der Waals surface area contributed by atoms with E-state index in [1.165, 1.54) is 19.3 Å². The van der Waals surface area contributed by atoms with Crippen LogP contribution < -0.4 is 4.90 Å². The maximum Gasteiger partial charge on any atom is 0.236 e. The molecule has 2 saturated heterocycles. The molecule has 6 heteroatoms. The number of morpholine rings is 1. The Morgan fingerprint density at radius 3 is 2.79 bits per heavy atom. The minimum Gasteiger partial charge on any atom is -0.368 e. The Morgan fingerprint density at radius 1 is 1.25 bits per heavy atom. The predicted octanol–water partition coefficient (Wildman–Crippen LogP) is 1.53. The van der Waals surface area contributed by atoms with Crippen molar-refractivity contribution in [3.8, 4) is 0 Å². The molecule has 2 aliphatic rings. The highest BCUT2D eigenvalue weighted by Crippen LogP contribution is 2.23. The second-order valence-corrected chi connectivity index (χ2v) is 6.85.